The Kier molecular flexibility index (Phi) is 5.42. The third-order valence-electron chi connectivity index (χ3n) is 3.65. The first kappa shape index (κ1) is 17.5. The Morgan fingerprint density at radius 2 is 1.91 bits per heavy atom. The van der Waals surface area contributed by atoms with Crippen LogP contribution in [0.2, 0.25) is 5.02 Å². The molecule has 0 bridgehead atoms. The van der Waals surface area contributed by atoms with E-state index in [1.807, 2.05) is 18.2 Å². The van der Waals surface area contributed by atoms with Crippen LogP contribution in [0, 0.1) is 5.92 Å². The average Bonchev–Trinajstić information content (AvgIpc) is 2.45. The fourth-order valence-corrected chi connectivity index (χ4v) is 2.81. The Labute approximate surface area is 142 Å². The van der Waals surface area contributed by atoms with Gasteiger partial charge in [0.1, 0.15) is 0 Å². The maximum Gasteiger partial charge on any atom is 0.337 e. The highest BCUT2D eigenvalue weighted by molar-refractivity contribution is 6.30. The number of benzene rings is 1. The highest BCUT2D eigenvalue weighted by Gasteiger charge is 2.20. The third kappa shape index (κ3) is 4.11. The minimum atomic E-state index is -0.938. The van der Waals surface area contributed by atoms with E-state index in [1.165, 1.54) is 0 Å². The van der Waals surface area contributed by atoms with E-state index < -0.39 is 5.97 Å². The van der Waals surface area contributed by atoms with Crippen LogP contribution in [0.3, 0.4) is 0 Å². The highest BCUT2D eigenvalue weighted by Crippen LogP contribution is 2.32. The summed E-state index contributed by atoms with van der Waals surface area (Å²) in [5.41, 5.74) is 3.58. The number of carboxylic acid groups (broad SMARTS) is 1. The van der Waals surface area contributed by atoms with Gasteiger partial charge in [-0.1, -0.05) is 51.4 Å². The lowest BCUT2D eigenvalue weighted by Crippen LogP contribution is -2.11. The fourth-order valence-electron chi connectivity index (χ4n) is 2.62. The smallest absolute Gasteiger partial charge is 0.337 e. The van der Waals surface area contributed by atoms with Gasteiger partial charge in [-0.15, -0.1) is 0 Å². The number of carboxylic acids is 1. The van der Waals surface area contributed by atoms with Gasteiger partial charge in [0.25, 0.3) is 0 Å². The molecular weight excluding hydrogens is 310 g/mol. The van der Waals surface area contributed by atoms with E-state index >= 15 is 0 Å². The molecule has 122 valence electrons. The summed E-state index contributed by atoms with van der Waals surface area (Å²) in [5, 5.41) is 10.2. The van der Waals surface area contributed by atoms with Crippen LogP contribution in [-0.2, 0) is 6.42 Å². The van der Waals surface area contributed by atoms with Crippen LogP contribution in [0.5, 0.6) is 0 Å². The second kappa shape index (κ2) is 7.14. The van der Waals surface area contributed by atoms with Crippen molar-refractivity contribution in [2.75, 3.05) is 0 Å². The summed E-state index contributed by atoms with van der Waals surface area (Å²) in [5.74, 6) is -0.401. The number of rotatable bonds is 5. The molecule has 0 saturated heterocycles. The molecule has 4 heteroatoms. The average molecular weight is 332 g/mol. The monoisotopic (exact) mass is 331 g/mol. The number of hydrogen-bond donors (Lipinski definition) is 1. The molecule has 0 atom stereocenters. The maximum absolute atomic E-state index is 11.7. The van der Waals surface area contributed by atoms with Gasteiger partial charge in [0.2, 0.25) is 0 Å². The van der Waals surface area contributed by atoms with Crippen molar-refractivity contribution < 1.29 is 9.90 Å². The molecule has 1 aromatic heterocycles. The second-order valence-electron chi connectivity index (χ2n) is 6.48. The summed E-state index contributed by atoms with van der Waals surface area (Å²) >= 11 is 6.09. The predicted octanol–water partition coefficient (Wildman–Crippen LogP) is 5.42. The quantitative estimate of drug-likeness (QED) is 0.795. The van der Waals surface area contributed by atoms with Crippen molar-refractivity contribution in [3.63, 3.8) is 0 Å². The minimum absolute atomic E-state index is 0.192. The molecule has 0 amide bonds. The summed E-state index contributed by atoms with van der Waals surface area (Å²) in [7, 11) is 0. The number of hydrogen-bond acceptors (Lipinski definition) is 2. The molecule has 2 aromatic rings. The summed E-state index contributed by atoms with van der Waals surface area (Å²) in [6.45, 7) is 8.26. The molecule has 0 unspecified atom stereocenters. The topological polar surface area (TPSA) is 50.2 Å². The van der Waals surface area contributed by atoms with Crippen molar-refractivity contribution in [1.82, 2.24) is 4.98 Å². The first-order chi connectivity index (χ1) is 10.8. The van der Waals surface area contributed by atoms with Crippen LogP contribution < -0.4 is 0 Å². The number of nitrogens with zero attached hydrogens (tertiary/aromatic N) is 1. The van der Waals surface area contributed by atoms with E-state index in [9.17, 15) is 9.90 Å². The van der Waals surface area contributed by atoms with E-state index in [-0.39, 0.29) is 11.5 Å². The Morgan fingerprint density at radius 1 is 1.22 bits per heavy atom. The van der Waals surface area contributed by atoms with Crippen LogP contribution >= 0.6 is 11.6 Å². The van der Waals surface area contributed by atoms with Crippen molar-refractivity contribution in [3.05, 3.63) is 52.3 Å². The summed E-state index contributed by atoms with van der Waals surface area (Å²) in [6.07, 6.45) is 0.650. The molecule has 0 spiro atoms. The van der Waals surface area contributed by atoms with Crippen LogP contribution in [0.15, 0.2) is 30.3 Å². The van der Waals surface area contributed by atoms with Gasteiger partial charge in [0.05, 0.1) is 17.0 Å². The van der Waals surface area contributed by atoms with Gasteiger partial charge in [0.15, 0.2) is 0 Å². The largest absolute Gasteiger partial charge is 0.478 e. The van der Waals surface area contributed by atoms with Crippen molar-refractivity contribution in [2.45, 2.75) is 40.0 Å². The van der Waals surface area contributed by atoms with E-state index in [2.05, 4.69) is 27.7 Å². The van der Waals surface area contributed by atoms with Gasteiger partial charge < -0.3 is 5.11 Å². The molecule has 1 aromatic carbocycles. The zero-order chi connectivity index (χ0) is 17.1. The lowest BCUT2D eigenvalue weighted by molar-refractivity contribution is 0.0695. The van der Waals surface area contributed by atoms with Gasteiger partial charge >= 0.3 is 5.97 Å². The van der Waals surface area contributed by atoms with Gasteiger partial charge in [-0.3, -0.25) is 4.98 Å². The molecule has 1 heterocycles. The fraction of sp³-hybridized carbons (Fsp3) is 0.368. The Hall–Kier alpha value is -1.87. The Morgan fingerprint density at radius 3 is 2.43 bits per heavy atom. The van der Waals surface area contributed by atoms with Gasteiger partial charge in [-0.25, -0.2) is 4.79 Å². The predicted molar refractivity (Wildman–Crippen MR) is 94.3 cm³/mol. The molecule has 0 aliphatic heterocycles. The molecule has 0 fully saturated rings. The van der Waals surface area contributed by atoms with Crippen LogP contribution in [-0.4, -0.2) is 16.1 Å². The van der Waals surface area contributed by atoms with E-state index in [0.29, 0.717) is 23.1 Å². The molecular formula is C19H22ClNO2. The molecule has 0 radical (unpaired) electrons. The van der Waals surface area contributed by atoms with Crippen molar-refractivity contribution in [3.8, 4) is 11.1 Å². The lowest BCUT2D eigenvalue weighted by atomic mass is 9.93. The first-order valence-electron chi connectivity index (χ1n) is 7.82. The van der Waals surface area contributed by atoms with E-state index in [1.54, 1.807) is 12.1 Å². The van der Waals surface area contributed by atoms with E-state index in [4.69, 9.17) is 16.6 Å². The van der Waals surface area contributed by atoms with Crippen LogP contribution in [0.25, 0.3) is 11.1 Å². The molecule has 3 nitrogen and oxygen atoms in total. The normalized spacial score (nSPS) is 11.3. The molecule has 2 rings (SSSR count). The second-order valence-corrected chi connectivity index (χ2v) is 6.92. The summed E-state index contributed by atoms with van der Waals surface area (Å²) in [6, 6.07) is 9.19. The molecule has 0 saturated carbocycles. The molecule has 0 aliphatic rings. The zero-order valence-corrected chi connectivity index (χ0v) is 14.7. The minimum Gasteiger partial charge on any atom is -0.478 e. The van der Waals surface area contributed by atoms with Crippen molar-refractivity contribution >= 4 is 17.6 Å². The number of pyridine rings is 1. The first-order valence-corrected chi connectivity index (χ1v) is 8.20. The van der Waals surface area contributed by atoms with Crippen LogP contribution in [0.1, 0.15) is 55.4 Å². The van der Waals surface area contributed by atoms with Crippen LogP contribution in [0.4, 0.5) is 0 Å². The Balaban J connectivity index is 2.70. The van der Waals surface area contributed by atoms with Gasteiger partial charge in [0, 0.05) is 10.6 Å². The Bertz CT molecular complexity index is 723. The zero-order valence-electron chi connectivity index (χ0n) is 13.9. The molecule has 1 N–H and O–H groups in total. The SMILES string of the molecule is CC(C)Cc1nc(C(C)C)c(-c2cccc(Cl)c2)cc1C(=O)O. The molecule has 23 heavy (non-hydrogen) atoms. The number of carbonyl (C=O) groups is 1. The van der Waals surface area contributed by atoms with Crippen molar-refractivity contribution in [1.29, 1.82) is 0 Å². The number of aromatic nitrogens is 1. The highest BCUT2D eigenvalue weighted by atomic mass is 35.5. The maximum atomic E-state index is 11.7. The van der Waals surface area contributed by atoms with Gasteiger partial charge in [-0.05, 0) is 42.0 Å². The third-order valence-corrected chi connectivity index (χ3v) is 3.88. The lowest BCUT2D eigenvalue weighted by Gasteiger charge is -2.17. The van der Waals surface area contributed by atoms with E-state index in [0.717, 1.165) is 16.8 Å². The van der Waals surface area contributed by atoms with Crippen molar-refractivity contribution in [2.24, 2.45) is 5.92 Å². The summed E-state index contributed by atoms with van der Waals surface area (Å²) in [4.78, 5) is 16.4. The number of aromatic carboxylic acids is 1. The molecule has 0 aliphatic carbocycles. The standard InChI is InChI=1S/C19H22ClNO2/c1-11(2)8-17-16(19(22)23)10-15(18(21-17)12(3)4)13-6-5-7-14(20)9-13/h5-7,9-12H,8H2,1-4H3,(H,22,23). The van der Waals surface area contributed by atoms with Gasteiger partial charge in [-0.2, -0.15) is 0 Å². The summed E-state index contributed by atoms with van der Waals surface area (Å²) < 4.78 is 0. The number of halogens is 1.